The highest BCUT2D eigenvalue weighted by Gasteiger charge is 2.28. The minimum Gasteiger partial charge on any atom is -0.381 e. The van der Waals surface area contributed by atoms with Gasteiger partial charge in [-0.2, -0.15) is 4.98 Å². The molecular formula is C8H13ClN6. The molecule has 1 aliphatic rings. The van der Waals surface area contributed by atoms with Gasteiger partial charge in [0.1, 0.15) is 0 Å². The lowest BCUT2D eigenvalue weighted by atomic mass is 10.0. The van der Waals surface area contributed by atoms with Gasteiger partial charge in [-0.1, -0.05) is 11.6 Å². The number of nitrogens with one attached hydrogen (secondary N) is 1. The van der Waals surface area contributed by atoms with Gasteiger partial charge in [-0.25, -0.2) is 0 Å². The van der Waals surface area contributed by atoms with Gasteiger partial charge in [0.25, 0.3) is 0 Å². The summed E-state index contributed by atoms with van der Waals surface area (Å²) in [5.74, 6) is 1.44. The Hall–Kier alpha value is -1.14. The fraction of sp³-hybridized carbons (Fsp3) is 0.625. The van der Waals surface area contributed by atoms with E-state index < -0.39 is 0 Å². The molecule has 1 fully saturated rings. The number of halogens is 1. The highest BCUT2D eigenvalue weighted by molar-refractivity contribution is 6.31. The van der Waals surface area contributed by atoms with Gasteiger partial charge < -0.3 is 16.0 Å². The maximum atomic E-state index is 5.64. The molecule has 15 heavy (non-hydrogen) atoms. The van der Waals surface area contributed by atoms with Crippen molar-refractivity contribution >= 4 is 23.4 Å². The summed E-state index contributed by atoms with van der Waals surface area (Å²) in [4.78, 5) is 6.10. The minimum atomic E-state index is 0.158. The summed E-state index contributed by atoms with van der Waals surface area (Å²) in [5, 5.41) is 10.9. The molecule has 6 nitrogen and oxygen atoms in total. The summed E-state index contributed by atoms with van der Waals surface area (Å²) in [6.45, 7) is 2.88. The van der Waals surface area contributed by atoms with Crippen molar-refractivity contribution in [1.29, 1.82) is 0 Å². The zero-order chi connectivity index (χ0) is 10.8. The molecule has 0 aromatic carbocycles. The van der Waals surface area contributed by atoms with E-state index in [4.69, 9.17) is 17.3 Å². The highest BCUT2D eigenvalue weighted by Crippen LogP contribution is 2.22. The average Bonchev–Trinajstić information content (AvgIpc) is 2.16. The summed E-state index contributed by atoms with van der Waals surface area (Å²) < 4.78 is 0. The molecule has 1 aromatic heterocycles. The predicted molar refractivity (Wildman–Crippen MR) is 58.9 cm³/mol. The molecule has 2 rings (SSSR count). The lowest BCUT2D eigenvalue weighted by Crippen LogP contribution is -2.51. The van der Waals surface area contributed by atoms with E-state index in [-0.39, 0.29) is 11.0 Å². The Kier molecular flexibility index (Phi) is 2.88. The first-order valence-corrected chi connectivity index (χ1v) is 5.13. The molecule has 1 saturated heterocycles. The van der Waals surface area contributed by atoms with Gasteiger partial charge in [-0.3, -0.25) is 0 Å². The molecule has 2 heterocycles. The lowest BCUT2D eigenvalue weighted by Gasteiger charge is -2.38. The van der Waals surface area contributed by atoms with Crippen LogP contribution in [-0.4, -0.2) is 41.9 Å². The van der Waals surface area contributed by atoms with Crippen LogP contribution in [0.15, 0.2) is 0 Å². The molecule has 0 saturated carbocycles. The first-order chi connectivity index (χ1) is 7.20. The van der Waals surface area contributed by atoms with Gasteiger partial charge >= 0.3 is 0 Å². The Balaban J connectivity index is 1.98. The molecule has 0 bridgehead atoms. The van der Waals surface area contributed by atoms with Crippen molar-refractivity contribution in [2.24, 2.45) is 5.92 Å². The third kappa shape index (κ3) is 2.10. The van der Waals surface area contributed by atoms with Gasteiger partial charge in [0.05, 0.1) is 0 Å². The SMILES string of the molecule is CNCC1CN(c2nnc(Cl)c(N)n2)C1. The Morgan fingerprint density at radius 1 is 1.53 bits per heavy atom. The van der Waals surface area contributed by atoms with Crippen LogP contribution in [0.3, 0.4) is 0 Å². The van der Waals surface area contributed by atoms with E-state index in [2.05, 4.69) is 20.5 Å². The third-order valence-electron chi connectivity index (χ3n) is 2.39. The van der Waals surface area contributed by atoms with E-state index in [1.165, 1.54) is 0 Å². The van der Waals surface area contributed by atoms with E-state index in [1.54, 1.807) is 0 Å². The minimum absolute atomic E-state index is 0.158. The van der Waals surface area contributed by atoms with Crippen LogP contribution < -0.4 is 16.0 Å². The van der Waals surface area contributed by atoms with Crippen molar-refractivity contribution in [3.63, 3.8) is 0 Å². The zero-order valence-electron chi connectivity index (χ0n) is 8.44. The summed E-state index contributed by atoms with van der Waals surface area (Å²) in [6.07, 6.45) is 0. The number of hydrogen-bond acceptors (Lipinski definition) is 6. The molecule has 0 atom stereocenters. The smallest absolute Gasteiger partial charge is 0.247 e. The van der Waals surface area contributed by atoms with Gasteiger partial charge in [-0.15, -0.1) is 10.2 Å². The monoisotopic (exact) mass is 228 g/mol. The Morgan fingerprint density at radius 3 is 2.87 bits per heavy atom. The van der Waals surface area contributed by atoms with Crippen molar-refractivity contribution in [2.75, 3.05) is 37.3 Å². The first kappa shape index (κ1) is 10.4. The fourth-order valence-electron chi connectivity index (χ4n) is 1.60. The van der Waals surface area contributed by atoms with Gasteiger partial charge in [0, 0.05) is 25.6 Å². The summed E-state index contributed by atoms with van der Waals surface area (Å²) in [7, 11) is 1.95. The predicted octanol–water partition coefficient (Wildman–Crippen LogP) is -0.237. The molecule has 0 radical (unpaired) electrons. The van der Waals surface area contributed by atoms with E-state index in [0.717, 1.165) is 19.6 Å². The van der Waals surface area contributed by atoms with Crippen LogP contribution in [0.2, 0.25) is 5.15 Å². The van der Waals surface area contributed by atoms with Crippen molar-refractivity contribution < 1.29 is 0 Å². The molecule has 82 valence electrons. The first-order valence-electron chi connectivity index (χ1n) is 4.76. The number of aromatic nitrogens is 3. The van der Waals surface area contributed by atoms with Gasteiger partial charge in [0.2, 0.25) is 5.95 Å². The van der Waals surface area contributed by atoms with Crippen LogP contribution in [0.4, 0.5) is 11.8 Å². The molecule has 0 unspecified atom stereocenters. The summed E-state index contributed by atoms with van der Waals surface area (Å²) >= 11 is 5.64. The second kappa shape index (κ2) is 4.16. The maximum absolute atomic E-state index is 5.64. The number of nitrogens with zero attached hydrogens (tertiary/aromatic N) is 4. The topological polar surface area (TPSA) is 80.0 Å². The second-order valence-electron chi connectivity index (χ2n) is 3.62. The zero-order valence-corrected chi connectivity index (χ0v) is 9.20. The van der Waals surface area contributed by atoms with Crippen molar-refractivity contribution in [3.05, 3.63) is 5.15 Å². The van der Waals surface area contributed by atoms with Crippen LogP contribution in [0.5, 0.6) is 0 Å². The van der Waals surface area contributed by atoms with Gasteiger partial charge in [0.15, 0.2) is 11.0 Å². The largest absolute Gasteiger partial charge is 0.381 e. The summed E-state index contributed by atoms with van der Waals surface area (Å²) in [5.41, 5.74) is 5.55. The quantitative estimate of drug-likeness (QED) is 0.744. The molecule has 0 amide bonds. The van der Waals surface area contributed by atoms with Crippen LogP contribution >= 0.6 is 11.6 Å². The molecule has 1 aliphatic heterocycles. The average molecular weight is 229 g/mol. The van der Waals surface area contributed by atoms with Crippen LogP contribution in [0.1, 0.15) is 0 Å². The number of nitrogens with two attached hydrogens (primary N) is 1. The van der Waals surface area contributed by atoms with Crippen LogP contribution in [0, 0.1) is 5.92 Å². The summed E-state index contributed by atoms with van der Waals surface area (Å²) in [6, 6.07) is 0. The van der Waals surface area contributed by atoms with E-state index in [1.807, 2.05) is 11.9 Å². The normalized spacial score (nSPS) is 16.5. The van der Waals surface area contributed by atoms with Crippen molar-refractivity contribution in [3.8, 4) is 0 Å². The Labute approximate surface area is 92.8 Å². The number of nitrogen functional groups attached to an aromatic ring is 1. The molecule has 3 N–H and O–H groups in total. The fourth-order valence-corrected chi connectivity index (χ4v) is 1.68. The molecule has 7 heteroatoms. The highest BCUT2D eigenvalue weighted by atomic mass is 35.5. The second-order valence-corrected chi connectivity index (χ2v) is 3.97. The molecule has 0 spiro atoms. The van der Waals surface area contributed by atoms with E-state index in [9.17, 15) is 0 Å². The Morgan fingerprint density at radius 2 is 2.27 bits per heavy atom. The number of hydrogen-bond donors (Lipinski definition) is 2. The van der Waals surface area contributed by atoms with Crippen LogP contribution in [-0.2, 0) is 0 Å². The van der Waals surface area contributed by atoms with Gasteiger partial charge in [-0.05, 0) is 7.05 Å². The van der Waals surface area contributed by atoms with Crippen LogP contribution in [0.25, 0.3) is 0 Å². The molecule has 1 aromatic rings. The number of anilines is 2. The number of rotatable bonds is 3. The van der Waals surface area contributed by atoms with E-state index in [0.29, 0.717) is 11.9 Å². The van der Waals surface area contributed by atoms with Crippen molar-refractivity contribution in [2.45, 2.75) is 0 Å². The molecule has 0 aliphatic carbocycles. The third-order valence-corrected chi connectivity index (χ3v) is 2.66. The van der Waals surface area contributed by atoms with Crippen molar-refractivity contribution in [1.82, 2.24) is 20.5 Å². The molecular weight excluding hydrogens is 216 g/mol. The maximum Gasteiger partial charge on any atom is 0.247 e. The Bertz CT molecular complexity index is 351. The standard InChI is InChI=1S/C8H13ClN6/c1-11-2-5-3-15(4-5)8-12-7(10)6(9)13-14-8/h5,11H,2-4H2,1H3,(H2,10,12,14). The lowest BCUT2D eigenvalue weighted by molar-refractivity contribution is 0.390. The van der Waals surface area contributed by atoms with E-state index >= 15 is 0 Å².